The Bertz CT molecular complexity index is 1090. The molecule has 1 saturated carbocycles. The van der Waals surface area contributed by atoms with Gasteiger partial charge in [0.15, 0.2) is 11.5 Å². The average Bonchev–Trinajstić information content (AvgIpc) is 3.54. The highest BCUT2D eigenvalue weighted by Gasteiger charge is 2.44. The molecule has 1 amide bonds. The molecule has 0 aliphatic heterocycles. The minimum atomic E-state index is -3.90. The maximum absolute atomic E-state index is 12.8. The van der Waals surface area contributed by atoms with Crippen LogP contribution in [-0.2, 0) is 20.2 Å². The molecule has 1 aliphatic rings. The van der Waals surface area contributed by atoms with Gasteiger partial charge in [0.25, 0.3) is 0 Å². The van der Waals surface area contributed by atoms with Crippen molar-refractivity contribution in [3.8, 4) is 17.6 Å². The zero-order valence-electron chi connectivity index (χ0n) is 17.0. The molecule has 3 rings (SSSR count). The van der Waals surface area contributed by atoms with Crippen LogP contribution in [-0.4, -0.2) is 46.4 Å². The Labute approximate surface area is 176 Å². The van der Waals surface area contributed by atoms with Crippen molar-refractivity contribution in [1.82, 2.24) is 4.31 Å². The number of ether oxygens (including phenoxy) is 2. The van der Waals surface area contributed by atoms with Gasteiger partial charge in [0, 0.05) is 18.8 Å². The number of carbonyl (C=O) groups is 1. The predicted molar refractivity (Wildman–Crippen MR) is 111 cm³/mol. The largest absolute Gasteiger partial charge is 0.493 e. The van der Waals surface area contributed by atoms with Crippen LogP contribution in [0.1, 0.15) is 18.4 Å². The van der Waals surface area contributed by atoms with Crippen LogP contribution in [0.3, 0.4) is 0 Å². The molecule has 0 aromatic heterocycles. The van der Waals surface area contributed by atoms with Crippen molar-refractivity contribution >= 4 is 21.6 Å². The Hall–Kier alpha value is -3.09. The Morgan fingerprint density at radius 3 is 2.30 bits per heavy atom. The Balaban J connectivity index is 1.67. The number of carbonyl (C=O) groups excluding carboxylic acids is 1. The van der Waals surface area contributed by atoms with Crippen LogP contribution >= 0.6 is 0 Å². The van der Waals surface area contributed by atoms with Crippen LogP contribution in [0.25, 0.3) is 0 Å². The summed E-state index contributed by atoms with van der Waals surface area (Å²) in [7, 11) is 0.301. The molecule has 1 aliphatic carbocycles. The summed E-state index contributed by atoms with van der Waals surface area (Å²) in [6.45, 7) is -0.361. The van der Waals surface area contributed by atoms with E-state index < -0.39 is 21.3 Å². The summed E-state index contributed by atoms with van der Waals surface area (Å²) >= 11 is 0. The van der Waals surface area contributed by atoms with E-state index in [1.165, 1.54) is 39.5 Å². The third-order valence-corrected chi connectivity index (χ3v) is 6.91. The van der Waals surface area contributed by atoms with Crippen LogP contribution in [0.2, 0.25) is 0 Å². The van der Waals surface area contributed by atoms with E-state index in [1.807, 2.05) is 12.1 Å². The number of amides is 1. The molecular formula is C21H23N3O5S. The number of nitrogens with zero attached hydrogens (tertiary/aromatic N) is 2. The molecular weight excluding hydrogens is 406 g/mol. The van der Waals surface area contributed by atoms with Gasteiger partial charge in [0.05, 0.1) is 37.1 Å². The lowest BCUT2D eigenvalue weighted by Gasteiger charge is -2.18. The van der Waals surface area contributed by atoms with Gasteiger partial charge in [-0.25, -0.2) is 8.42 Å². The monoisotopic (exact) mass is 429 g/mol. The quantitative estimate of drug-likeness (QED) is 0.691. The van der Waals surface area contributed by atoms with Crippen molar-refractivity contribution in [2.75, 3.05) is 33.1 Å². The number of nitrogens with one attached hydrogen (secondary N) is 1. The Kier molecular flexibility index (Phi) is 6.01. The third kappa shape index (κ3) is 4.25. The second kappa shape index (κ2) is 8.34. The molecule has 0 spiro atoms. The SMILES string of the molecule is COc1ccc(S(=O)(=O)N(C)CC(=O)Nc2ccc(C3(C#N)CC3)cc2)cc1OC. The second-order valence-corrected chi connectivity index (χ2v) is 9.14. The van der Waals surface area contributed by atoms with Gasteiger partial charge < -0.3 is 14.8 Å². The van der Waals surface area contributed by atoms with Crippen molar-refractivity contribution in [3.63, 3.8) is 0 Å². The standard InChI is InChI=1S/C21H23N3O5S/c1-24(30(26,27)17-8-9-18(28-2)19(12-17)29-3)13-20(25)23-16-6-4-15(5-7-16)21(14-22)10-11-21/h4-9,12H,10-11,13H2,1-3H3,(H,23,25). The van der Waals surface area contributed by atoms with Gasteiger partial charge in [-0.05, 0) is 42.7 Å². The van der Waals surface area contributed by atoms with E-state index in [1.54, 1.807) is 12.1 Å². The molecule has 8 nitrogen and oxygen atoms in total. The van der Waals surface area contributed by atoms with Crippen molar-refractivity contribution in [3.05, 3.63) is 48.0 Å². The zero-order chi connectivity index (χ0) is 21.9. The lowest BCUT2D eigenvalue weighted by molar-refractivity contribution is -0.116. The highest BCUT2D eigenvalue weighted by atomic mass is 32.2. The van der Waals surface area contributed by atoms with Gasteiger partial charge in [-0.1, -0.05) is 12.1 Å². The number of hydrogen-bond acceptors (Lipinski definition) is 6. The lowest BCUT2D eigenvalue weighted by Crippen LogP contribution is -2.35. The molecule has 1 fully saturated rings. The van der Waals surface area contributed by atoms with E-state index in [2.05, 4.69) is 11.4 Å². The van der Waals surface area contributed by atoms with Crippen molar-refractivity contribution < 1.29 is 22.7 Å². The van der Waals surface area contributed by atoms with Crippen LogP contribution < -0.4 is 14.8 Å². The molecule has 0 unspecified atom stereocenters. The molecule has 2 aromatic rings. The fourth-order valence-electron chi connectivity index (χ4n) is 3.11. The van der Waals surface area contributed by atoms with Gasteiger partial charge in [0.1, 0.15) is 0 Å². The summed E-state index contributed by atoms with van der Waals surface area (Å²) in [6.07, 6.45) is 1.68. The normalized spacial score (nSPS) is 14.6. The minimum Gasteiger partial charge on any atom is -0.493 e. The molecule has 30 heavy (non-hydrogen) atoms. The molecule has 0 saturated heterocycles. The van der Waals surface area contributed by atoms with Crippen LogP contribution in [0.5, 0.6) is 11.5 Å². The molecule has 1 N–H and O–H groups in total. The number of benzene rings is 2. The van der Waals surface area contributed by atoms with Gasteiger partial charge in [-0.3, -0.25) is 4.79 Å². The topological polar surface area (TPSA) is 109 Å². The molecule has 0 heterocycles. The number of rotatable bonds is 8. The van der Waals surface area contributed by atoms with Crippen LogP contribution in [0.15, 0.2) is 47.4 Å². The van der Waals surface area contributed by atoms with E-state index >= 15 is 0 Å². The smallest absolute Gasteiger partial charge is 0.243 e. The van der Waals surface area contributed by atoms with Crippen LogP contribution in [0, 0.1) is 11.3 Å². The number of nitriles is 1. The summed E-state index contributed by atoms with van der Waals surface area (Å²) in [6, 6.07) is 13.6. The summed E-state index contributed by atoms with van der Waals surface area (Å²) in [4.78, 5) is 12.4. The first-order valence-corrected chi connectivity index (χ1v) is 10.7. The molecule has 0 radical (unpaired) electrons. The Morgan fingerprint density at radius 2 is 1.77 bits per heavy atom. The van der Waals surface area contributed by atoms with Crippen molar-refractivity contribution in [1.29, 1.82) is 5.26 Å². The first-order chi connectivity index (χ1) is 14.3. The van der Waals surface area contributed by atoms with E-state index in [4.69, 9.17) is 9.47 Å². The highest BCUT2D eigenvalue weighted by molar-refractivity contribution is 7.89. The number of hydrogen-bond donors (Lipinski definition) is 1. The maximum Gasteiger partial charge on any atom is 0.243 e. The third-order valence-electron chi connectivity index (χ3n) is 5.11. The summed E-state index contributed by atoms with van der Waals surface area (Å²) in [5.41, 5.74) is 1.07. The maximum atomic E-state index is 12.8. The van der Waals surface area contributed by atoms with Gasteiger partial charge in [-0.2, -0.15) is 9.57 Å². The number of anilines is 1. The number of methoxy groups -OCH3 is 2. The van der Waals surface area contributed by atoms with Crippen molar-refractivity contribution in [2.45, 2.75) is 23.2 Å². The van der Waals surface area contributed by atoms with Gasteiger partial charge >= 0.3 is 0 Å². The highest BCUT2D eigenvalue weighted by Crippen LogP contribution is 2.47. The molecule has 9 heteroatoms. The van der Waals surface area contributed by atoms with E-state index in [0.717, 1.165) is 22.7 Å². The molecule has 158 valence electrons. The number of likely N-dealkylation sites (N-methyl/N-ethyl adjacent to an activating group) is 1. The second-order valence-electron chi connectivity index (χ2n) is 7.10. The lowest BCUT2D eigenvalue weighted by atomic mass is 9.98. The summed E-state index contributed by atoms with van der Waals surface area (Å²) in [5.74, 6) is 0.211. The van der Waals surface area contributed by atoms with E-state index in [9.17, 15) is 18.5 Å². The predicted octanol–water partition coefficient (Wildman–Crippen LogP) is 2.52. The van der Waals surface area contributed by atoms with Crippen molar-refractivity contribution in [2.24, 2.45) is 0 Å². The molecule has 0 bridgehead atoms. The van der Waals surface area contributed by atoms with Crippen LogP contribution in [0.4, 0.5) is 5.69 Å². The van der Waals surface area contributed by atoms with Gasteiger partial charge in [0.2, 0.25) is 15.9 Å². The van der Waals surface area contributed by atoms with E-state index in [-0.39, 0.29) is 17.2 Å². The minimum absolute atomic E-state index is 0.00830. The van der Waals surface area contributed by atoms with E-state index in [0.29, 0.717) is 11.4 Å². The first-order valence-electron chi connectivity index (χ1n) is 9.26. The fraction of sp³-hybridized carbons (Fsp3) is 0.333. The molecule has 0 atom stereocenters. The average molecular weight is 429 g/mol. The summed E-state index contributed by atoms with van der Waals surface area (Å²) < 4.78 is 36.8. The first kappa shape index (κ1) is 21.6. The summed E-state index contributed by atoms with van der Waals surface area (Å²) in [5, 5.41) is 11.9. The number of sulfonamides is 1. The fourth-order valence-corrected chi connectivity index (χ4v) is 4.25. The zero-order valence-corrected chi connectivity index (χ0v) is 17.8. The van der Waals surface area contributed by atoms with Gasteiger partial charge in [-0.15, -0.1) is 0 Å². The molecule has 2 aromatic carbocycles. The Morgan fingerprint density at radius 1 is 1.13 bits per heavy atom.